The van der Waals surface area contributed by atoms with Crippen LogP contribution in [-0.2, 0) is 0 Å². The molecule has 34 heavy (non-hydrogen) atoms. The first-order valence-corrected chi connectivity index (χ1v) is 12.6. The van der Waals surface area contributed by atoms with Crippen molar-refractivity contribution in [2.24, 2.45) is 0 Å². The molecular weight excluding hydrogens is 548 g/mol. The SMILES string of the molecule is Brc1c(-c2ccccn2)cc2ccccc2c1-c1c(Br)c(-c2ccccn2)cc2ccccc12. The highest BCUT2D eigenvalue weighted by atomic mass is 79.9. The molecule has 0 aliphatic carbocycles. The van der Waals surface area contributed by atoms with E-state index in [2.05, 4.69) is 115 Å². The summed E-state index contributed by atoms with van der Waals surface area (Å²) in [6.45, 7) is 0. The van der Waals surface area contributed by atoms with Crippen LogP contribution in [0.5, 0.6) is 0 Å². The van der Waals surface area contributed by atoms with E-state index in [4.69, 9.17) is 0 Å². The maximum Gasteiger partial charge on any atom is 0.0713 e. The Bertz CT molecular complexity index is 1540. The number of benzene rings is 4. The maximum absolute atomic E-state index is 4.65. The Morgan fingerprint density at radius 1 is 0.471 bits per heavy atom. The molecule has 6 rings (SSSR count). The van der Waals surface area contributed by atoms with E-state index in [-0.39, 0.29) is 0 Å². The zero-order chi connectivity index (χ0) is 23.1. The van der Waals surface area contributed by atoms with Crippen LogP contribution in [-0.4, -0.2) is 9.97 Å². The van der Waals surface area contributed by atoms with E-state index in [1.54, 1.807) is 0 Å². The first kappa shape index (κ1) is 21.2. The Kier molecular flexibility index (Phi) is 5.48. The number of halogens is 2. The first-order chi connectivity index (χ1) is 16.7. The standard InChI is InChI=1S/C30H18Br2N2/c31-29-23(25-13-5-7-15-33-25)17-19-9-1-3-11-21(19)27(29)28-22-12-4-2-10-20(22)18-24(30(28)32)26-14-6-8-16-34-26/h1-18H. The van der Waals surface area contributed by atoms with Crippen molar-refractivity contribution >= 4 is 53.4 Å². The van der Waals surface area contributed by atoms with Gasteiger partial charge in [0.05, 0.1) is 11.4 Å². The van der Waals surface area contributed by atoms with Gasteiger partial charge in [-0.2, -0.15) is 0 Å². The Hall–Kier alpha value is -3.34. The van der Waals surface area contributed by atoms with Crippen molar-refractivity contribution in [3.05, 3.63) is 118 Å². The lowest BCUT2D eigenvalue weighted by atomic mass is 9.89. The van der Waals surface area contributed by atoms with Gasteiger partial charge in [-0.05, 0) is 89.8 Å². The van der Waals surface area contributed by atoms with E-state index in [9.17, 15) is 0 Å². The topological polar surface area (TPSA) is 25.8 Å². The number of pyridine rings is 2. The van der Waals surface area contributed by atoms with E-state index >= 15 is 0 Å². The minimum atomic E-state index is 0.933. The number of nitrogens with zero attached hydrogens (tertiary/aromatic N) is 2. The van der Waals surface area contributed by atoms with Gasteiger partial charge in [-0.3, -0.25) is 9.97 Å². The van der Waals surface area contributed by atoms with Crippen LogP contribution >= 0.6 is 31.9 Å². The van der Waals surface area contributed by atoms with Crippen LogP contribution in [0.4, 0.5) is 0 Å². The molecule has 2 aromatic heterocycles. The van der Waals surface area contributed by atoms with Crippen molar-refractivity contribution in [3.8, 4) is 33.6 Å². The van der Waals surface area contributed by atoms with Gasteiger partial charge in [-0.15, -0.1) is 0 Å². The summed E-state index contributed by atoms with van der Waals surface area (Å²) in [6, 6.07) is 33.5. The third kappa shape index (κ3) is 3.54. The zero-order valence-electron chi connectivity index (χ0n) is 18.0. The molecule has 0 radical (unpaired) electrons. The lowest BCUT2D eigenvalue weighted by Gasteiger charge is -2.19. The van der Waals surface area contributed by atoms with Gasteiger partial charge < -0.3 is 0 Å². The van der Waals surface area contributed by atoms with Gasteiger partial charge in [0.25, 0.3) is 0 Å². The summed E-state index contributed by atoms with van der Waals surface area (Å²) in [6.07, 6.45) is 3.67. The summed E-state index contributed by atoms with van der Waals surface area (Å²) in [7, 11) is 0. The van der Waals surface area contributed by atoms with Gasteiger partial charge in [-0.25, -0.2) is 0 Å². The third-order valence-corrected chi connectivity index (χ3v) is 7.75. The summed E-state index contributed by atoms with van der Waals surface area (Å²) in [5.74, 6) is 0. The van der Waals surface area contributed by atoms with Crippen LogP contribution < -0.4 is 0 Å². The van der Waals surface area contributed by atoms with Crippen LogP contribution in [0.2, 0.25) is 0 Å². The fourth-order valence-electron chi connectivity index (χ4n) is 4.55. The fourth-order valence-corrected chi connectivity index (χ4v) is 6.01. The molecule has 4 aromatic carbocycles. The van der Waals surface area contributed by atoms with Crippen molar-refractivity contribution in [1.29, 1.82) is 0 Å². The normalized spacial score (nSPS) is 11.2. The summed E-state index contributed by atoms with van der Waals surface area (Å²) < 4.78 is 2.04. The van der Waals surface area contributed by atoms with Crippen molar-refractivity contribution in [2.75, 3.05) is 0 Å². The van der Waals surface area contributed by atoms with E-state index < -0.39 is 0 Å². The molecule has 0 saturated carbocycles. The minimum absolute atomic E-state index is 0.933. The van der Waals surface area contributed by atoms with Crippen molar-refractivity contribution in [2.45, 2.75) is 0 Å². The highest BCUT2D eigenvalue weighted by Gasteiger charge is 2.21. The van der Waals surface area contributed by atoms with Gasteiger partial charge in [0.15, 0.2) is 0 Å². The predicted octanol–water partition coefficient (Wildman–Crippen LogP) is 9.31. The second kappa shape index (κ2) is 8.79. The molecule has 0 unspecified atom stereocenters. The Morgan fingerprint density at radius 3 is 1.29 bits per heavy atom. The molecule has 4 heteroatoms. The first-order valence-electron chi connectivity index (χ1n) is 11.0. The van der Waals surface area contributed by atoms with Crippen LogP contribution in [0.1, 0.15) is 0 Å². The van der Waals surface area contributed by atoms with Gasteiger partial charge in [-0.1, -0.05) is 60.7 Å². The smallest absolute Gasteiger partial charge is 0.0713 e. The highest BCUT2D eigenvalue weighted by Crippen LogP contribution is 2.49. The molecule has 2 nitrogen and oxygen atoms in total. The molecule has 0 amide bonds. The van der Waals surface area contributed by atoms with Crippen LogP contribution in [0.15, 0.2) is 118 Å². The summed E-state index contributed by atoms with van der Waals surface area (Å²) in [5.41, 5.74) is 6.27. The van der Waals surface area contributed by atoms with Crippen molar-refractivity contribution in [1.82, 2.24) is 9.97 Å². The Balaban J connectivity index is 1.78. The molecule has 0 atom stereocenters. The largest absolute Gasteiger partial charge is 0.256 e. The van der Waals surface area contributed by atoms with Crippen LogP contribution in [0.3, 0.4) is 0 Å². The van der Waals surface area contributed by atoms with Gasteiger partial charge in [0.2, 0.25) is 0 Å². The highest BCUT2D eigenvalue weighted by molar-refractivity contribution is 9.11. The van der Waals surface area contributed by atoms with Crippen LogP contribution in [0.25, 0.3) is 55.2 Å². The number of aromatic nitrogens is 2. The molecule has 0 saturated heterocycles. The van der Waals surface area contributed by atoms with E-state index in [0.717, 1.165) is 42.6 Å². The summed E-state index contributed by atoms with van der Waals surface area (Å²) in [5, 5.41) is 4.69. The second-order valence-corrected chi connectivity index (χ2v) is 9.68. The van der Waals surface area contributed by atoms with Gasteiger partial charge in [0, 0.05) is 43.6 Å². The van der Waals surface area contributed by atoms with E-state index in [0.29, 0.717) is 0 Å². The van der Waals surface area contributed by atoms with Crippen LogP contribution in [0, 0.1) is 0 Å². The predicted molar refractivity (Wildman–Crippen MR) is 149 cm³/mol. The second-order valence-electron chi connectivity index (χ2n) is 8.10. The van der Waals surface area contributed by atoms with Gasteiger partial charge in [0.1, 0.15) is 0 Å². The average Bonchev–Trinajstić information content (AvgIpc) is 2.90. The third-order valence-electron chi connectivity index (χ3n) is 6.10. The number of fused-ring (bicyclic) bond motifs is 2. The van der Waals surface area contributed by atoms with Crippen molar-refractivity contribution < 1.29 is 0 Å². The minimum Gasteiger partial charge on any atom is -0.256 e. The summed E-state index contributed by atoms with van der Waals surface area (Å²) >= 11 is 8.00. The average molecular weight is 566 g/mol. The lowest BCUT2D eigenvalue weighted by molar-refractivity contribution is 1.32. The monoisotopic (exact) mass is 564 g/mol. The van der Waals surface area contributed by atoms with Gasteiger partial charge >= 0.3 is 0 Å². The van der Waals surface area contributed by atoms with Crippen molar-refractivity contribution in [3.63, 3.8) is 0 Å². The molecule has 0 aliphatic rings. The number of hydrogen-bond donors (Lipinski definition) is 0. The molecule has 0 fully saturated rings. The molecule has 0 spiro atoms. The molecule has 0 aliphatic heterocycles. The fraction of sp³-hybridized carbons (Fsp3) is 0. The van der Waals surface area contributed by atoms with E-state index in [1.165, 1.54) is 21.5 Å². The van der Waals surface area contributed by atoms with E-state index in [1.807, 2.05) is 36.7 Å². The maximum atomic E-state index is 4.65. The molecule has 0 bridgehead atoms. The zero-order valence-corrected chi connectivity index (χ0v) is 21.2. The molecular formula is C30H18Br2N2. The quantitative estimate of drug-likeness (QED) is 0.213. The molecule has 6 aromatic rings. The molecule has 162 valence electrons. The lowest BCUT2D eigenvalue weighted by Crippen LogP contribution is -1.94. The molecule has 0 N–H and O–H groups in total. The molecule has 2 heterocycles. The summed E-state index contributed by atoms with van der Waals surface area (Å²) in [4.78, 5) is 9.30. The number of rotatable bonds is 3. The Labute approximate surface area is 214 Å². The Morgan fingerprint density at radius 2 is 0.882 bits per heavy atom. The number of hydrogen-bond acceptors (Lipinski definition) is 2.